The van der Waals surface area contributed by atoms with E-state index in [-0.39, 0.29) is 29.8 Å². The first-order valence-electron chi connectivity index (χ1n) is 11.8. The molecular formula is C24H26F3N5O2S. The van der Waals surface area contributed by atoms with Crippen molar-refractivity contribution >= 4 is 39.3 Å². The van der Waals surface area contributed by atoms with E-state index in [1.54, 1.807) is 16.5 Å². The van der Waals surface area contributed by atoms with Crippen molar-refractivity contribution < 1.29 is 22.8 Å². The number of H-pyrrole nitrogens is 1. The standard InChI is InChI=1S/C24H26F3N5O2S/c25-24(26,27)16-4-1-3-15(11-16)19-13-35-23(30-19)31-21(33)22(34)32-9-6-14(7-10-32)18-12-29-20-17(18)5-2-8-28-20/h2,5,8,12-16H,1,3-4,6-7,9-11H2,(H,28,29)(H,30,31,33). The third-order valence-electron chi connectivity index (χ3n) is 7.20. The number of halogens is 3. The predicted octanol–water partition coefficient (Wildman–Crippen LogP) is 5.20. The Bertz CT molecular complexity index is 1220. The Morgan fingerprint density at radius 3 is 2.71 bits per heavy atom. The van der Waals surface area contributed by atoms with Crippen molar-refractivity contribution in [2.45, 2.75) is 56.5 Å². The number of hydrogen-bond acceptors (Lipinski definition) is 5. The van der Waals surface area contributed by atoms with E-state index in [0.717, 1.165) is 35.2 Å². The average Bonchev–Trinajstić information content (AvgIpc) is 3.50. The highest BCUT2D eigenvalue weighted by atomic mass is 32.1. The minimum absolute atomic E-state index is 0.0149. The molecule has 7 nitrogen and oxygen atoms in total. The van der Waals surface area contributed by atoms with Crippen molar-refractivity contribution in [2.75, 3.05) is 18.4 Å². The first-order chi connectivity index (χ1) is 16.8. The van der Waals surface area contributed by atoms with Crippen LogP contribution in [-0.4, -0.2) is 50.9 Å². The van der Waals surface area contributed by atoms with Crippen molar-refractivity contribution in [3.05, 3.63) is 41.2 Å². The maximum atomic E-state index is 13.1. The number of piperidine rings is 1. The van der Waals surface area contributed by atoms with E-state index in [4.69, 9.17) is 0 Å². The Labute approximate surface area is 204 Å². The Balaban J connectivity index is 1.16. The van der Waals surface area contributed by atoms with Gasteiger partial charge in [0.05, 0.1) is 11.6 Å². The number of likely N-dealkylation sites (tertiary alicyclic amines) is 1. The first kappa shape index (κ1) is 23.8. The van der Waals surface area contributed by atoms with Gasteiger partial charge in [0.25, 0.3) is 0 Å². The Morgan fingerprint density at radius 1 is 1.14 bits per heavy atom. The molecule has 4 heterocycles. The van der Waals surface area contributed by atoms with Crippen molar-refractivity contribution in [1.29, 1.82) is 0 Å². The lowest BCUT2D eigenvalue weighted by Crippen LogP contribution is -2.43. The van der Waals surface area contributed by atoms with Crippen LogP contribution in [0.2, 0.25) is 0 Å². The van der Waals surface area contributed by atoms with E-state index >= 15 is 0 Å². The van der Waals surface area contributed by atoms with Gasteiger partial charge in [-0.2, -0.15) is 13.2 Å². The summed E-state index contributed by atoms with van der Waals surface area (Å²) in [5.74, 6) is -2.71. The third-order valence-corrected chi connectivity index (χ3v) is 7.97. The number of aromatic nitrogens is 3. The molecule has 11 heteroatoms. The number of carbonyl (C=O) groups is 2. The summed E-state index contributed by atoms with van der Waals surface area (Å²) in [4.78, 5) is 38.7. The van der Waals surface area contributed by atoms with E-state index in [1.807, 2.05) is 18.3 Å². The molecule has 0 spiro atoms. The second-order valence-electron chi connectivity index (χ2n) is 9.34. The van der Waals surface area contributed by atoms with Gasteiger partial charge in [0.1, 0.15) is 5.65 Å². The Hall–Kier alpha value is -2.95. The molecular weight excluding hydrogens is 479 g/mol. The van der Waals surface area contributed by atoms with Crippen molar-refractivity contribution in [2.24, 2.45) is 5.92 Å². The molecule has 186 valence electrons. The number of rotatable bonds is 3. The van der Waals surface area contributed by atoms with Crippen LogP contribution < -0.4 is 5.32 Å². The summed E-state index contributed by atoms with van der Waals surface area (Å²) in [5.41, 5.74) is 2.57. The highest BCUT2D eigenvalue weighted by molar-refractivity contribution is 7.14. The maximum Gasteiger partial charge on any atom is 0.391 e. The summed E-state index contributed by atoms with van der Waals surface area (Å²) in [7, 11) is 0. The summed E-state index contributed by atoms with van der Waals surface area (Å²) >= 11 is 1.14. The smallest absolute Gasteiger partial charge is 0.346 e. The molecule has 2 aliphatic rings. The lowest BCUT2D eigenvalue weighted by molar-refractivity contribution is -0.183. The van der Waals surface area contributed by atoms with Crippen LogP contribution in [0.25, 0.3) is 11.0 Å². The fourth-order valence-corrected chi connectivity index (χ4v) is 6.08. The van der Waals surface area contributed by atoms with Crippen LogP contribution >= 0.6 is 11.3 Å². The van der Waals surface area contributed by atoms with Gasteiger partial charge in [0.15, 0.2) is 5.13 Å². The summed E-state index contributed by atoms with van der Waals surface area (Å²) in [6, 6.07) is 3.92. The van der Waals surface area contributed by atoms with Crippen molar-refractivity contribution in [3.8, 4) is 0 Å². The molecule has 0 radical (unpaired) electrons. The van der Waals surface area contributed by atoms with E-state index in [0.29, 0.717) is 31.6 Å². The van der Waals surface area contributed by atoms with Gasteiger partial charge in [-0.05, 0) is 55.7 Å². The summed E-state index contributed by atoms with van der Waals surface area (Å²) in [6.07, 6.45) is 2.29. The Kier molecular flexibility index (Phi) is 6.52. The molecule has 0 aromatic carbocycles. The summed E-state index contributed by atoms with van der Waals surface area (Å²) < 4.78 is 39.4. The van der Waals surface area contributed by atoms with Gasteiger partial charge >= 0.3 is 18.0 Å². The lowest BCUT2D eigenvalue weighted by atomic mass is 9.80. The molecule has 2 N–H and O–H groups in total. The average molecular weight is 506 g/mol. The monoisotopic (exact) mass is 505 g/mol. The first-order valence-corrected chi connectivity index (χ1v) is 12.7. The van der Waals surface area contributed by atoms with Gasteiger partial charge in [-0.25, -0.2) is 9.97 Å². The molecule has 3 aromatic rings. The number of pyridine rings is 1. The van der Waals surface area contributed by atoms with Gasteiger partial charge in [0.2, 0.25) is 0 Å². The second kappa shape index (κ2) is 9.60. The van der Waals surface area contributed by atoms with Crippen LogP contribution in [0.3, 0.4) is 0 Å². The molecule has 5 rings (SSSR count). The number of nitrogens with one attached hydrogen (secondary N) is 2. The summed E-state index contributed by atoms with van der Waals surface area (Å²) in [6.45, 7) is 0.932. The highest BCUT2D eigenvalue weighted by Gasteiger charge is 2.42. The van der Waals surface area contributed by atoms with Crippen LogP contribution in [0.1, 0.15) is 61.6 Å². The highest BCUT2D eigenvalue weighted by Crippen LogP contribution is 2.44. The number of nitrogens with zero attached hydrogens (tertiary/aromatic N) is 3. The molecule has 2 fully saturated rings. The number of hydrogen-bond donors (Lipinski definition) is 2. The van der Waals surface area contributed by atoms with E-state index in [9.17, 15) is 22.8 Å². The Morgan fingerprint density at radius 2 is 1.94 bits per heavy atom. The number of alkyl halides is 3. The van der Waals surface area contributed by atoms with Crippen molar-refractivity contribution in [1.82, 2.24) is 19.9 Å². The molecule has 1 aliphatic heterocycles. The predicted molar refractivity (Wildman–Crippen MR) is 126 cm³/mol. The zero-order valence-electron chi connectivity index (χ0n) is 19.0. The fraction of sp³-hybridized carbons (Fsp3) is 0.500. The SMILES string of the molecule is O=C(Nc1nc(C2CCCC(C(F)(F)F)C2)cs1)C(=O)N1CCC(c2c[nH]c3ncccc23)CC1. The molecule has 2 amide bonds. The van der Waals surface area contributed by atoms with Crippen molar-refractivity contribution in [3.63, 3.8) is 0 Å². The lowest BCUT2D eigenvalue weighted by Gasteiger charge is -2.31. The quantitative estimate of drug-likeness (QED) is 0.479. The topological polar surface area (TPSA) is 91.0 Å². The number of fused-ring (bicyclic) bond motifs is 1. The number of aromatic amines is 1. The molecule has 0 bridgehead atoms. The van der Waals surface area contributed by atoms with E-state index < -0.39 is 23.9 Å². The molecule has 2 atom stereocenters. The molecule has 35 heavy (non-hydrogen) atoms. The summed E-state index contributed by atoms with van der Waals surface area (Å²) in [5, 5.41) is 5.55. The molecule has 1 saturated heterocycles. The fourth-order valence-electron chi connectivity index (χ4n) is 5.29. The van der Waals surface area contributed by atoms with Crippen LogP contribution in [-0.2, 0) is 9.59 Å². The minimum Gasteiger partial charge on any atom is -0.346 e. The molecule has 2 unspecified atom stereocenters. The zero-order valence-corrected chi connectivity index (χ0v) is 19.8. The van der Waals surface area contributed by atoms with Gasteiger partial charge in [-0.1, -0.05) is 6.42 Å². The van der Waals surface area contributed by atoms with E-state index in [2.05, 4.69) is 20.3 Å². The largest absolute Gasteiger partial charge is 0.391 e. The molecule has 3 aromatic heterocycles. The number of carbonyl (C=O) groups excluding carboxylic acids is 2. The van der Waals surface area contributed by atoms with Crippen LogP contribution in [0.5, 0.6) is 0 Å². The molecule has 1 saturated carbocycles. The second-order valence-corrected chi connectivity index (χ2v) is 10.2. The normalized spacial score (nSPS) is 21.9. The van der Waals surface area contributed by atoms with Crippen LogP contribution in [0, 0.1) is 5.92 Å². The van der Waals surface area contributed by atoms with Gasteiger partial charge in [-0.3, -0.25) is 14.9 Å². The van der Waals surface area contributed by atoms with Gasteiger partial charge in [0, 0.05) is 42.2 Å². The van der Waals surface area contributed by atoms with E-state index in [1.165, 1.54) is 5.56 Å². The van der Waals surface area contributed by atoms with Gasteiger partial charge in [-0.15, -0.1) is 11.3 Å². The third kappa shape index (κ3) is 5.05. The van der Waals surface area contributed by atoms with Crippen LogP contribution in [0.4, 0.5) is 18.3 Å². The van der Waals surface area contributed by atoms with Gasteiger partial charge < -0.3 is 9.88 Å². The van der Waals surface area contributed by atoms with Crippen LogP contribution in [0.15, 0.2) is 29.9 Å². The number of anilines is 1. The molecule has 1 aliphatic carbocycles. The zero-order chi connectivity index (χ0) is 24.6. The number of thiazole rings is 1. The number of amides is 2. The minimum atomic E-state index is -4.20. The maximum absolute atomic E-state index is 13.1.